The van der Waals surface area contributed by atoms with Gasteiger partial charge in [-0.25, -0.2) is 0 Å². The standard InChI is InChI=1S/C20H15ClN2O/c21-16-10-8-15(9-11-16)20(24)19-18(14-5-2-1-3-6-14)22-13-17-7-4-12-23(17)19/h1-13,18-19H/t18-,19+/m1/s1. The van der Waals surface area contributed by atoms with E-state index in [1.807, 2.05) is 59.4 Å². The number of hydrogen-bond donors (Lipinski definition) is 0. The molecule has 0 saturated carbocycles. The van der Waals surface area contributed by atoms with E-state index in [0.29, 0.717) is 10.6 Å². The summed E-state index contributed by atoms with van der Waals surface area (Å²) in [4.78, 5) is 17.9. The highest BCUT2D eigenvalue weighted by Gasteiger charge is 2.34. The van der Waals surface area contributed by atoms with Crippen LogP contribution < -0.4 is 0 Å². The van der Waals surface area contributed by atoms with Gasteiger partial charge in [-0.3, -0.25) is 9.79 Å². The number of benzene rings is 2. The average molecular weight is 335 g/mol. The van der Waals surface area contributed by atoms with Crippen LogP contribution in [0.1, 0.15) is 33.7 Å². The first kappa shape index (κ1) is 14.9. The van der Waals surface area contributed by atoms with Gasteiger partial charge in [0.25, 0.3) is 0 Å². The number of hydrogen-bond acceptors (Lipinski definition) is 2. The minimum Gasteiger partial charge on any atom is -0.333 e. The van der Waals surface area contributed by atoms with Crippen LogP contribution in [-0.2, 0) is 0 Å². The van der Waals surface area contributed by atoms with Crippen molar-refractivity contribution in [1.82, 2.24) is 4.57 Å². The first-order valence-electron chi connectivity index (χ1n) is 7.79. The Kier molecular flexibility index (Phi) is 3.79. The van der Waals surface area contributed by atoms with E-state index < -0.39 is 6.04 Å². The van der Waals surface area contributed by atoms with Gasteiger partial charge >= 0.3 is 0 Å². The molecule has 0 fully saturated rings. The molecule has 0 radical (unpaired) electrons. The number of ketones is 1. The highest BCUT2D eigenvalue weighted by Crippen LogP contribution is 2.36. The molecule has 3 nitrogen and oxygen atoms in total. The normalized spacial score (nSPS) is 19.0. The zero-order valence-corrected chi connectivity index (χ0v) is 13.6. The highest BCUT2D eigenvalue weighted by molar-refractivity contribution is 6.30. The van der Waals surface area contributed by atoms with Crippen molar-refractivity contribution in [3.63, 3.8) is 0 Å². The van der Waals surface area contributed by atoms with Crippen LogP contribution in [0.15, 0.2) is 77.9 Å². The van der Waals surface area contributed by atoms with E-state index >= 15 is 0 Å². The van der Waals surface area contributed by atoms with Crippen molar-refractivity contribution >= 4 is 23.6 Å². The van der Waals surface area contributed by atoms with Crippen molar-refractivity contribution in [2.75, 3.05) is 0 Å². The van der Waals surface area contributed by atoms with Gasteiger partial charge in [0.2, 0.25) is 0 Å². The molecule has 24 heavy (non-hydrogen) atoms. The van der Waals surface area contributed by atoms with Gasteiger partial charge in [-0.05, 0) is 42.0 Å². The van der Waals surface area contributed by atoms with Crippen molar-refractivity contribution in [2.45, 2.75) is 12.1 Å². The van der Waals surface area contributed by atoms with E-state index in [-0.39, 0.29) is 11.8 Å². The monoisotopic (exact) mass is 334 g/mol. The Balaban J connectivity index is 1.80. The highest BCUT2D eigenvalue weighted by atomic mass is 35.5. The van der Waals surface area contributed by atoms with E-state index in [1.54, 1.807) is 24.3 Å². The Bertz CT molecular complexity index is 897. The predicted octanol–water partition coefficient (Wildman–Crippen LogP) is 4.74. The van der Waals surface area contributed by atoms with Crippen molar-refractivity contribution in [2.24, 2.45) is 4.99 Å². The third kappa shape index (κ3) is 2.57. The van der Waals surface area contributed by atoms with E-state index in [4.69, 9.17) is 11.6 Å². The molecule has 0 bridgehead atoms. The van der Waals surface area contributed by atoms with Crippen LogP contribution in [0.25, 0.3) is 0 Å². The molecule has 3 aromatic rings. The van der Waals surface area contributed by atoms with Crippen LogP contribution in [0.5, 0.6) is 0 Å². The van der Waals surface area contributed by atoms with Crippen LogP contribution >= 0.6 is 11.6 Å². The quantitative estimate of drug-likeness (QED) is 0.637. The molecule has 0 amide bonds. The smallest absolute Gasteiger partial charge is 0.188 e. The fourth-order valence-corrected chi connectivity index (χ4v) is 3.26. The number of carbonyl (C=O) groups is 1. The Morgan fingerprint density at radius 1 is 0.958 bits per heavy atom. The summed E-state index contributed by atoms with van der Waals surface area (Å²) in [6.45, 7) is 0. The molecule has 1 aliphatic heterocycles. The van der Waals surface area contributed by atoms with Gasteiger partial charge in [0.15, 0.2) is 5.78 Å². The first-order valence-corrected chi connectivity index (χ1v) is 8.16. The summed E-state index contributed by atoms with van der Waals surface area (Å²) < 4.78 is 2.00. The van der Waals surface area contributed by atoms with E-state index in [0.717, 1.165) is 11.3 Å². The van der Waals surface area contributed by atoms with E-state index in [2.05, 4.69) is 4.99 Å². The molecule has 118 valence electrons. The summed E-state index contributed by atoms with van der Waals surface area (Å²) >= 11 is 5.95. The molecule has 0 N–H and O–H groups in total. The zero-order valence-electron chi connectivity index (χ0n) is 12.8. The number of carbonyl (C=O) groups excluding carboxylic acids is 1. The Morgan fingerprint density at radius 3 is 2.46 bits per heavy atom. The van der Waals surface area contributed by atoms with Crippen LogP contribution in [0, 0.1) is 0 Å². The van der Waals surface area contributed by atoms with Gasteiger partial charge in [0.05, 0.1) is 5.69 Å². The van der Waals surface area contributed by atoms with Crippen molar-refractivity contribution in [3.05, 3.63) is 94.8 Å². The van der Waals surface area contributed by atoms with Gasteiger partial charge in [-0.1, -0.05) is 41.9 Å². The lowest BCUT2D eigenvalue weighted by Crippen LogP contribution is -2.29. The number of aromatic nitrogens is 1. The second-order valence-electron chi connectivity index (χ2n) is 5.79. The molecule has 0 aliphatic carbocycles. The predicted molar refractivity (Wildman–Crippen MR) is 96.0 cm³/mol. The summed E-state index contributed by atoms with van der Waals surface area (Å²) in [6.07, 6.45) is 3.78. The molecule has 1 aliphatic rings. The number of nitrogens with zero attached hydrogens (tertiary/aromatic N) is 2. The molecule has 1 aromatic heterocycles. The van der Waals surface area contributed by atoms with Gasteiger partial charge < -0.3 is 4.57 Å². The molecule has 2 heterocycles. The van der Waals surface area contributed by atoms with Crippen LogP contribution in [0.3, 0.4) is 0 Å². The van der Waals surface area contributed by atoms with Crippen LogP contribution in [0.4, 0.5) is 0 Å². The number of halogens is 1. The molecule has 2 atom stereocenters. The van der Waals surface area contributed by atoms with Gasteiger partial charge in [-0.2, -0.15) is 0 Å². The number of Topliss-reactive ketones (excluding diaryl/α,β-unsaturated/α-hetero) is 1. The second kappa shape index (κ2) is 6.10. The van der Waals surface area contributed by atoms with Gasteiger partial charge in [0.1, 0.15) is 12.1 Å². The van der Waals surface area contributed by atoms with Crippen LogP contribution in [0.2, 0.25) is 5.02 Å². The summed E-state index contributed by atoms with van der Waals surface area (Å²) in [5.41, 5.74) is 2.61. The van der Waals surface area contributed by atoms with Crippen molar-refractivity contribution in [3.8, 4) is 0 Å². The lowest BCUT2D eigenvalue weighted by molar-refractivity contribution is 0.0905. The fraction of sp³-hybridized carbons (Fsp3) is 0.100. The fourth-order valence-electron chi connectivity index (χ4n) is 3.13. The van der Waals surface area contributed by atoms with Gasteiger partial charge in [0, 0.05) is 23.0 Å². The zero-order chi connectivity index (χ0) is 16.5. The maximum atomic E-state index is 13.2. The van der Waals surface area contributed by atoms with Gasteiger partial charge in [-0.15, -0.1) is 0 Å². The number of rotatable bonds is 3. The maximum Gasteiger partial charge on any atom is 0.188 e. The topological polar surface area (TPSA) is 34.4 Å². The minimum atomic E-state index is -0.399. The summed E-state index contributed by atoms with van der Waals surface area (Å²) in [5.74, 6) is 0.0369. The molecule has 4 heteroatoms. The Hall–Kier alpha value is -2.65. The first-order chi connectivity index (χ1) is 11.7. The molecule has 4 rings (SSSR count). The lowest BCUT2D eigenvalue weighted by atomic mass is 9.91. The SMILES string of the molecule is O=C(c1ccc(Cl)cc1)[C@@H]1[C@@H](c2ccccc2)N=Cc2cccn21. The third-order valence-corrected chi connectivity index (χ3v) is 4.57. The largest absolute Gasteiger partial charge is 0.333 e. The second-order valence-corrected chi connectivity index (χ2v) is 6.23. The molecular weight excluding hydrogens is 320 g/mol. The van der Waals surface area contributed by atoms with E-state index in [1.165, 1.54) is 0 Å². The molecule has 0 spiro atoms. The summed E-state index contributed by atoms with van der Waals surface area (Å²) in [7, 11) is 0. The average Bonchev–Trinajstić information content (AvgIpc) is 3.10. The van der Waals surface area contributed by atoms with Crippen molar-refractivity contribution < 1.29 is 4.79 Å². The Labute approximate surface area is 145 Å². The third-order valence-electron chi connectivity index (χ3n) is 4.32. The number of fused-ring (bicyclic) bond motifs is 1. The molecular formula is C20H15ClN2O. The molecule has 0 saturated heterocycles. The molecule has 0 unspecified atom stereocenters. The van der Waals surface area contributed by atoms with Crippen molar-refractivity contribution in [1.29, 1.82) is 0 Å². The Morgan fingerprint density at radius 2 is 1.71 bits per heavy atom. The molecule has 2 aromatic carbocycles. The summed E-state index contributed by atoms with van der Waals surface area (Å²) in [6, 6.07) is 20.2. The van der Waals surface area contributed by atoms with E-state index in [9.17, 15) is 4.79 Å². The summed E-state index contributed by atoms with van der Waals surface area (Å²) in [5, 5.41) is 0.620. The maximum absolute atomic E-state index is 13.2. The lowest BCUT2D eigenvalue weighted by Gasteiger charge is -2.29. The number of aliphatic imine (C=N–C) groups is 1. The minimum absolute atomic E-state index is 0.0369. The van der Waals surface area contributed by atoms with Crippen LogP contribution in [-0.4, -0.2) is 16.6 Å².